The third-order valence-electron chi connectivity index (χ3n) is 2.74. The zero-order valence-electron chi connectivity index (χ0n) is 10.1. The Morgan fingerprint density at radius 3 is 3.17 bits per heavy atom. The second kappa shape index (κ2) is 6.10. The first-order valence-electron chi connectivity index (χ1n) is 5.74. The van der Waals surface area contributed by atoms with Gasteiger partial charge < -0.3 is 15.4 Å². The van der Waals surface area contributed by atoms with Crippen LogP contribution in [-0.4, -0.2) is 35.6 Å². The highest BCUT2D eigenvalue weighted by molar-refractivity contribution is 9.10. The standard InChI is InChI=1S/C11H15BrN4O2/c1-18-11-8(14-6-9(12)16-11)5-13-4-7-2-3-10(17)15-7/h6-7,13H,2-5H2,1H3,(H,15,17)/t7-/m0/s1. The molecule has 0 unspecified atom stereocenters. The summed E-state index contributed by atoms with van der Waals surface area (Å²) in [6.07, 6.45) is 3.14. The Kier molecular flexibility index (Phi) is 4.48. The van der Waals surface area contributed by atoms with E-state index in [-0.39, 0.29) is 11.9 Å². The number of aromatic nitrogens is 2. The van der Waals surface area contributed by atoms with E-state index in [0.29, 0.717) is 23.4 Å². The summed E-state index contributed by atoms with van der Waals surface area (Å²) in [7, 11) is 1.57. The van der Waals surface area contributed by atoms with E-state index in [1.165, 1.54) is 0 Å². The molecule has 1 aromatic rings. The maximum Gasteiger partial charge on any atom is 0.237 e. The van der Waals surface area contributed by atoms with Gasteiger partial charge in [0, 0.05) is 25.6 Å². The van der Waals surface area contributed by atoms with Gasteiger partial charge in [-0.2, -0.15) is 0 Å². The molecule has 1 aliphatic heterocycles. The molecule has 0 aliphatic carbocycles. The van der Waals surface area contributed by atoms with Gasteiger partial charge in [0.25, 0.3) is 0 Å². The molecule has 1 aliphatic rings. The maximum atomic E-state index is 11.0. The topological polar surface area (TPSA) is 76.1 Å². The van der Waals surface area contributed by atoms with Crippen molar-refractivity contribution in [1.29, 1.82) is 0 Å². The molecule has 1 aromatic heterocycles. The Hall–Kier alpha value is -1.21. The molecule has 1 amide bonds. The van der Waals surface area contributed by atoms with Crippen LogP contribution in [0, 0.1) is 0 Å². The van der Waals surface area contributed by atoms with Crippen LogP contribution < -0.4 is 15.4 Å². The molecule has 0 bridgehead atoms. The number of amides is 1. The minimum absolute atomic E-state index is 0.128. The third kappa shape index (κ3) is 3.39. The molecule has 0 aromatic carbocycles. The van der Waals surface area contributed by atoms with Gasteiger partial charge in [-0.3, -0.25) is 9.78 Å². The average Bonchev–Trinajstić information content (AvgIpc) is 2.77. The molecule has 7 heteroatoms. The van der Waals surface area contributed by atoms with E-state index >= 15 is 0 Å². The molecule has 0 saturated carbocycles. The van der Waals surface area contributed by atoms with Gasteiger partial charge in [-0.15, -0.1) is 0 Å². The molecule has 98 valence electrons. The van der Waals surface area contributed by atoms with Crippen molar-refractivity contribution >= 4 is 21.8 Å². The number of rotatable bonds is 5. The van der Waals surface area contributed by atoms with Crippen LogP contribution in [0.4, 0.5) is 0 Å². The number of ether oxygens (including phenoxy) is 1. The van der Waals surface area contributed by atoms with Gasteiger partial charge in [-0.1, -0.05) is 0 Å². The SMILES string of the molecule is COc1nc(Br)cnc1CNC[C@@H]1CCC(=O)N1. The van der Waals surface area contributed by atoms with Gasteiger partial charge >= 0.3 is 0 Å². The Bertz CT molecular complexity index is 441. The molecule has 0 radical (unpaired) electrons. The summed E-state index contributed by atoms with van der Waals surface area (Å²) >= 11 is 3.24. The number of halogens is 1. The fourth-order valence-electron chi connectivity index (χ4n) is 1.86. The predicted octanol–water partition coefficient (Wildman–Crippen LogP) is 0.616. The van der Waals surface area contributed by atoms with Crippen LogP contribution in [0.3, 0.4) is 0 Å². The van der Waals surface area contributed by atoms with E-state index in [9.17, 15) is 4.79 Å². The molecule has 2 heterocycles. The maximum absolute atomic E-state index is 11.0. The van der Waals surface area contributed by atoms with Crippen molar-refractivity contribution in [3.05, 3.63) is 16.5 Å². The summed E-state index contributed by atoms with van der Waals surface area (Å²) in [5.74, 6) is 0.634. The molecule has 1 fully saturated rings. The minimum atomic E-state index is 0.128. The highest BCUT2D eigenvalue weighted by Gasteiger charge is 2.20. The van der Waals surface area contributed by atoms with E-state index in [1.54, 1.807) is 13.3 Å². The minimum Gasteiger partial charge on any atom is -0.480 e. The molecule has 1 saturated heterocycles. The molecule has 0 spiro atoms. The van der Waals surface area contributed by atoms with Gasteiger partial charge in [-0.05, 0) is 22.4 Å². The molecular weight excluding hydrogens is 300 g/mol. The first kappa shape index (κ1) is 13.2. The first-order chi connectivity index (χ1) is 8.69. The van der Waals surface area contributed by atoms with Gasteiger partial charge in [0.15, 0.2) is 0 Å². The van der Waals surface area contributed by atoms with Crippen molar-refractivity contribution in [3.8, 4) is 5.88 Å². The van der Waals surface area contributed by atoms with Crippen LogP contribution in [-0.2, 0) is 11.3 Å². The van der Waals surface area contributed by atoms with Crippen molar-refractivity contribution in [2.75, 3.05) is 13.7 Å². The second-order valence-electron chi connectivity index (χ2n) is 4.08. The van der Waals surface area contributed by atoms with Crippen molar-refractivity contribution < 1.29 is 9.53 Å². The smallest absolute Gasteiger partial charge is 0.237 e. The Labute approximate surface area is 114 Å². The lowest BCUT2D eigenvalue weighted by atomic mass is 10.2. The van der Waals surface area contributed by atoms with Gasteiger partial charge in [-0.25, -0.2) is 4.98 Å². The first-order valence-corrected chi connectivity index (χ1v) is 6.54. The molecule has 18 heavy (non-hydrogen) atoms. The monoisotopic (exact) mass is 314 g/mol. The number of methoxy groups -OCH3 is 1. The molecule has 2 N–H and O–H groups in total. The van der Waals surface area contributed by atoms with Crippen LogP contribution in [0.25, 0.3) is 0 Å². The summed E-state index contributed by atoms with van der Waals surface area (Å²) < 4.78 is 5.80. The summed E-state index contributed by atoms with van der Waals surface area (Å²) in [4.78, 5) is 19.5. The van der Waals surface area contributed by atoms with Crippen LogP contribution in [0.1, 0.15) is 18.5 Å². The van der Waals surface area contributed by atoms with Gasteiger partial charge in [0.2, 0.25) is 11.8 Å². The summed E-state index contributed by atoms with van der Waals surface area (Å²) in [6, 6.07) is 0.215. The predicted molar refractivity (Wildman–Crippen MR) is 69.2 cm³/mol. The quantitative estimate of drug-likeness (QED) is 0.833. The normalized spacial score (nSPS) is 18.8. The highest BCUT2D eigenvalue weighted by atomic mass is 79.9. The fourth-order valence-corrected chi connectivity index (χ4v) is 2.12. The lowest BCUT2D eigenvalue weighted by Crippen LogP contribution is -2.35. The number of hydrogen-bond donors (Lipinski definition) is 2. The largest absolute Gasteiger partial charge is 0.480 e. The van der Waals surface area contributed by atoms with Crippen molar-refractivity contribution in [2.45, 2.75) is 25.4 Å². The van der Waals surface area contributed by atoms with E-state index < -0.39 is 0 Å². The number of carbonyl (C=O) groups excluding carboxylic acids is 1. The molecular formula is C11H15BrN4O2. The van der Waals surface area contributed by atoms with Crippen molar-refractivity contribution in [2.24, 2.45) is 0 Å². The van der Waals surface area contributed by atoms with E-state index in [4.69, 9.17) is 4.74 Å². The van der Waals surface area contributed by atoms with E-state index in [2.05, 4.69) is 36.5 Å². The lowest BCUT2D eigenvalue weighted by Gasteiger charge is -2.12. The summed E-state index contributed by atoms with van der Waals surface area (Å²) in [6.45, 7) is 1.29. The van der Waals surface area contributed by atoms with Crippen LogP contribution in [0.5, 0.6) is 5.88 Å². The lowest BCUT2D eigenvalue weighted by molar-refractivity contribution is -0.119. The second-order valence-corrected chi connectivity index (χ2v) is 4.90. The van der Waals surface area contributed by atoms with E-state index in [1.807, 2.05) is 0 Å². The molecule has 2 rings (SSSR count). The number of nitrogens with one attached hydrogen (secondary N) is 2. The molecule has 1 atom stereocenters. The van der Waals surface area contributed by atoms with Crippen molar-refractivity contribution in [3.63, 3.8) is 0 Å². The highest BCUT2D eigenvalue weighted by Crippen LogP contribution is 2.15. The zero-order chi connectivity index (χ0) is 13.0. The van der Waals surface area contributed by atoms with Crippen LogP contribution in [0.15, 0.2) is 10.8 Å². The van der Waals surface area contributed by atoms with Gasteiger partial charge in [0.05, 0.1) is 13.3 Å². The number of nitrogens with zero attached hydrogens (tertiary/aromatic N) is 2. The Morgan fingerprint density at radius 2 is 2.50 bits per heavy atom. The van der Waals surface area contributed by atoms with E-state index in [0.717, 1.165) is 18.7 Å². The number of hydrogen-bond acceptors (Lipinski definition) is 5. The Morgan fingerprint density at radius 1 is 1.67 bits per heavy atom. The van der Waals surface area contributed by atoms with Crippen LogP contribution >= 0.6 is 15.9 Å². The average molecular weight is 315 g/mol. The van der Waals surface area contributed by atoms with Gasteiger partial charge in [0.1, 0.15) is 10.3 Å². The van der Waals surface area contributed by atoms with Crippen LogP contribution in [0.2, 0.25) is 0 Å². The fraction of sp³-hybridized carbons (Fsp3) is 0.545. The van der Waals surface area contributed by atoms with Crippen molar-refractivity contribution in [1.82, 2.24) is 20.6 Å². The number of carbonyl (C=O) groups is 1. The zero-order valence-corrected chi connectivity index (χ0v) is 11.7. The Balaban J connectivity index is 1.84. The summed E-state index contributed by atoms with van der Waals surface area (Å²) in [5, 5.41) is 6.15. The molecule has 6 nitrogen and oxygen atoms in total. The summed E-state index contributed by atoms with van der Waals surface area (Å²) in [5.41, 5.74) is 0.755. The third-order valence-corrected chi connectivity index (χ3v) is 3.13.